The van der Waals surface area contributed by atoms with E-state index in [2.05, 4.69) is 20.1 Å². The highest BCUT2D eigenvalue weighted by Gasteiger charge is 2.09. The Morgan fingerprint density at radius 3 is 2.45 bits per heavy atom. The highest BCUT2D eigenvalue weighted by molar-refractivity contribution is 5.57. The van der Waals surface area contributed by atoms with Crippen molar-refractivity contribution in [1.29, 1.82) is 0 Å². The van der Waals surface area contributed by atoms with Crippen LogP contribution in [0.4, 0.5) is 5.82 Å². The standard InChI is InChI=1S/C14H14N6/c1-9-7-10(2)20(19-9)13-8-12(15)17-14(18-13)11-3-5-16-6-4-11/h3-8H,1-2H3,(H2,15,17,18). The monoisotopic (exact) mass is 266 g/mol. The summed E-state index contributed by atoms with van der Waals surface area (Å²) in [5.74, 6) is 1.64. The molecule has 6 heteroatoms. The van der Waals surface area contributed by atoms with Gasteiger partial charge in [-0.15, -0.1) is 0 Å². The zero-order valence-electron chi connectivity index (χ0n) is 11.3. The fourth-order valence-electron chi connectivity index (χ4n) is 2.05. The van der Waals surface area contributed by atoms with Crippen LogP contribution in [0.15, 0.2) is 36.7 Å². The molecule has 2 N–H and O–H groups in total. The Morgan fingerprint density at radius 1 is 1.05 bits per heavy atom. The van der Waals surface area contributed by atoms with Gasteiger partial charge in [0, 0.05) is 29.7 Å². The molecule has 3 rings (SSSR count). The molecule has 0 fully saturated rings. The van der Waals surface area contributed by atoms with Crippen LogP contribution in [-0.2, 0) is 0 Å². The third-order valence-corrected chi connectivity index (χ3v) is 2.90. The van der Waals surface area contributed by atoms with Crippen LogP contribution in [0.1, 0.15) is 11.4 Å². The fourth-order valence-corrected chi connectivity index (χ4v) is 2.05. The summed E-state index contributed by atoms with van der Waals surface area (Å²) >= 11 is 0. The molecule has 0 aromatic carbocycles. The Kier molecular flexibility index (Phi) is 2.90. The number of hydrogen-bond acceptors (Lipinski definition) is 5. The summed E-state index contributed by atoms with van der Waals surface area (Å²) in [5, 5.41) is 4.41. The molecule has 0 bridgehead atoms. The van der Waals surface area contributed by atoms with Gasteiger partial charge in [-0.3, -0.25) is 4.98 Å². The van der Waals surface area contributed by atoms with Crippen molar-refractivity contribution >= 4 is 5.82 Å². The van der Waals surface area contributed by atoms with E-state index in [4.69, 9.17) is 5.73 Å². The summed E-state index contributed by atoms with van der Waals surface area (Å²) < 4.78 is 1.76. The molecule has 3 aromatic rings. The summed E-state index contributed by atoms with van der Waals surface area (Å²) in [6, 6.07) is 7.40. The number of nitrogens with two attached hydrogens (primary N) is 1. The SMILES string of the molecule is Cc1cc(C)n(-c2cc(N)nc(-c3ccncc3)n2)n1. The molecule has 100 valence electrons. The van der Waals surface area contributed by atoms with Crippen LogP contribution in [0.3, 0.4) is 0 Å². The third-order valence-electron chi connectivity index (χ3n) is 2.90. The van der Waals surface area contributed by atoms with Crippen LogP contribution < -0.4 is 5.73 Å². The van der Waals surface area contributed by atoms with Gasteiger partial charge in [-0.25, -0.2) is 14.6 Å². The van der Waals surface area contributed by atoms with E-state index in [-0.39, 0.29) is 0 Å². The lowest BCUT2D eigenvalue weighted by molar-refractivity contribution is 0.803. The first-order valence-electron chi connectivity index (χ1n) is 6.22. The van der Waals surface area contributed by atoms with Crippen molar-refractivity contribution in [3.63, 3.8) is 0 Å². The van der Waals surface area contributed by atoms with Gasteiger partial charge in [0.2, 0.25) is 0 Å². The van der Waals surface area contributed by atoms with Gasteiger partial charge in [-0.2, -0.15) is 5.10 Å². The number of rotatable bonds is 2. The van der Waals surface area contributed by atoms with Gasteiger partial charge in [0.05, 0.1) is 5.69 Å². The molecule has 0 saturated heterocycles. The predicted octanol–water partition coefficient (Wildman–Crippen LogP) is 1.92. The summed E-state index contributed by atoms with van der Waals surface area (Å²) in [6.07, 6.45) is 3.40. The lowest BCUT2D eigenvalue weighted by Gasteiger charge is -2.07. The Balaban J connectivity index is 2.14. The largest absolute Gasteiger partial charge is 0.384 e. The zero-order chi connectivity index (χ0) is 14.1. The molecule has 0 aliphatic rings. The van der Waals surface area contributed by atoms with E-state index in [1.807, 2.05) is 32.0 Å². The summed E-state index contributed by atoms with van der Waals surface area (Å²) in [6.45, 7) is 3.92. The molecule has 0 atom stereocenters. The summed E-state index contributed by atoms with van der Waals surface area (Å²) in [7, 11) is 0. The van der Waals surface area contributed by atoms with Crippen molar-refractivity contribution in [3.05, 3.63) is 48.0 Å². The molecule has 3 aromatic heterocycles. The van der Waals surface area contributed by atoms with Crippen molar-refractivity contribution in [2.24, 2.45) is 0 Å². The van der Waals surface area contributed by atoms with E-state index < -0.39 is 0 Å². The zero-order valence-corrected chi connectivity index (χ0v) is 11.3. The average molecular weight is 266 g/mol. The van der Waals surface area contributed by atoms with Gasteiger partial charge >= 0.3 is 0 Å². The molecule has 0 aliphatic heterocycles. The Morgan fingerprint density at radius 2 is 1.80 bits per heavy atom. The molecule has 0 saturated carbocycles. The third kappa shape index (κ3) is 2.23. The number of aromatic nitrogens is 5. The maximum Gasteiger partial charge on any atom is 0.164 e. The summed E-state index contributed by atoms with van der Waals surface area (Å²) in [5.41, 5.74) is 8.69. The van der Waals surface area contributed by atoms with Crippen molar-refractivity contribution in [2.75, 3.05) is 5.73 Å². The molecular formula is C14H14N6. The van der Waals surface area contributed by atoms with E-state index >= 15 is 0 Å². The normalized spacial score (nSPS) is 10.7. The predicted molar refractivity (Wildman–Crippen MR) is 76.3 cm³/mol. The molecule has 20 heavy (non-hydrogen) atoms. The summed E-state index contributed by atoms with van der Waals surface area (Å²) in [4.78, 5) is 12.8. The Hall–Kier alpha value is -2.76. The molecule has 0 unspecified atom stereocenters. The number of hydrogen-bond donors (Lipinski definition) is 1. The van der Waals surface area contributed by atoms with Crippen LogP contribution in [0, 0.1) is 13.8 Å². The van der Waals surface area contributed by atoms with E-state index in [9.17, 15) is 0 Å². The molecular weight excluding hydrogens is 252 g/mol. The minimum Gasteiger partial charge on any atom is -0.384 e. The van der Waals surface area contributed by atoms with Crippen molar-refractivity contribution in [3.8, 4) is 17.2 Å². The van der Waals surface area contributed by atoms with Gasteiger partial charge in [-0.1, -0.05) is 0 Å². The molecule has 0 aliphatic carbocycles. The van der Waals surface area contributed by atoms with Crippen LogP contribution in [-0.4, -0.2) is 24.7 Å². The molecule has 0 spiro atoms. The van der Waals surface area contributed by atoms with Gasteiger partial charge in [0.25, 0.3) is 0 Å². The maximum atomic E-state index is 5.88. The Labute approximate surface area is 116 Å². The van der Waals surface area contributed by atoms with E-state index in [1.165, 1.54) is 0 Å². The molecule has 0 radical (unpaired) electrons. The van der Waals surface area contributed by atoms with Crippen LogP contribution >= 0.6 is 0 Å². The number of aryl methyl sites for hydroxylation is 2. The first-order valence-corrected chi connectivity index (χ1v) is 6.22. The highest BCUT2D eigenvalue weighted by atomic mass is 15.3. The number of pyridine rings is 1. The van der Waals surface area contributed by atoms with Gasteiger partial charge in [-0.05, 0) is 32.0 Å². The van der Waals surface area contributed by atoms with Gasteiger partial charge in [0.1, 0.15) is 5.82 Å². The Bertz CT molecular complexity index is 748. The minimum atomic E-state index is 0.411. The quantitative estimate of drug-likeness (QED) is 0.766. The first-order chi connectivity index (χ1) is 9.63. The number of nitrogen functional groups attached to an aromatic ring is 1. The van der Waals surface area contributed by atoms with Gasteiger partial charge < -0.3 is 5.73 Å². The van der Waals surface area contributed by atoms with Gasteiger partial charge in [0.15, 0.2) is 11.6 Å². The van der Waals surface area contributed by atoms with Crippen LogP contribution in [0.5, 0.6) is 0 Å². The van der Waals surface area contributed by atoms with E-state index in [0.717, 1.165) is 17.0 Å². The number of nitrogens with zero attached hydrogens (tertiary/aromatic N) is 5. The average Bonchev–Trinajstić information content (AvgIpc) is 2.78. The lowest BCUT2D eigenvalue weighted by Crippen LogP contribution is -2.06. The minimum absolute atomic E-state index is 0.411. The van der Waals surface area contributed by atoms with Crippen molar-refractivity contribution in [1.82, 2.24) is 24.7 Å². The highest BCUT2D eigenvalue weighted by Crippen LogP contribution is 2.18. The van der Waals surface area contributed by atoms with Crippen LogP contribution in [0.2, 0.25) is 0 Å². The second-order valence-electron chi connectivity index (χ2n) is 4.55. The van der Waals surface area contributed by atoms with Crippen LogP contribution in [0.25, 0.3) is 17.2 Å². The van der Waals surface area contributed by atoms with Crippen molar-refractivity contribution < 1.29 is 0 Å². The fraction of sp³-hybridized carbons (Fsp3) is 0.143. The number of anilines is 1. The van der Waals surface area contributed by atoms with E-state index in [1.54, 1.807) is 23.1 Å². The second kappa shape index (κ2) is 4.73. The topological polar surface area (TPSA) is 82.5 Å². The molecule has 6 nitrogen and oxygen atoms in total. The molecule has 3 heterocycles. The molecule has 0 amide bonds. The lowest BCUT2D eigenvalue weighted by atomic mass is 10.2. The van der Waals surface area contributed by atoms with E-state index in [0.29, 0.717) is 17.5 Å². The first kappa shape index (κ1) is 12.3. The van der Waals surface area contributed by atoms with Crippen molar-refractivity contribution in [2.45, 2.75) is 13.8 Å². The maximum absolute atomic E-state index is 5.88. The smallest absolute Gasteiger partial charge is 0.164 e. The second-order valence-corrected chi connectivity index (χ2v) is 4.55.